The van der Waals surface area contributed by atoms with E-state index in [1.165, 1.54) is 45.2 Å². The van der Waals surface area contributed by atoms with Crippen molar-refractivity contribution >= 4 is 0 Å². The van der Waals surface area contributed by atoms with Crippen LogP contribution in [0.3, 0.4) is 0 Å². The maximum atomic E-state index is 11.2. The molecule has 6 aliphatic rings. The minimum atomic E-state index is -0.181. The standard InChI is InChI=1S/C27H45NO2/c1-15-4-7-25-16(2)18-5-6-19-20(22(18)14-28(25)13-15)11-23-21(19)12-26(30)24-10-17(29)8-9-27(23,24)3/h15-26,29-30H,4-14H2,1-3H3/t15?,16-,17-,18-,19+,20+,21-,22+,23-,24+,25+,26+,27+/m0/s1. The van der Waals surface area contributed by atoms with E-state index in [0.29, 0.717) is 5.92 Å². The third-order valence-corrected chi connectivity index (χ3v) is 12.0. The van der Waals surface area contributed by atoms with Crippen LogP contribution in [-0.2, 0) is 0 Å². The Kier molecular flexibility index (Phi) is 4.91. The summed E-state index contributed by atoms with van der Waals surface area (Å²) < 4.78 is 0. The zero-order chi connectivity index (χ0) is 20.8. The van der Waals surface area contributed by atoms with Gasteiger partial charge in [-0.15, -0.1) is 0 Å². The van der Waals surface area contributed by atoms with Crippen molar-refractivity contribution in [1.82, 2.24) is 4.90 Å². The minimum Gasteiger partial charge on any atom is -0.393 e. The fraction of sp³-hybridized carbons (Fsp3) is 1.00. The van der Waals surface area contributed by atoms with Crippen LogP contribution in [-0.4, -0.2) is 46.5 Å². The van der Waals surface area contributed by atoms with Crippen LogP contribution in [0.2, 0.25) is 0 Å². The van der Waals surface area contributed by atoms with Gasteiger partial charge < -0.3 is 10.2 Å². The number of rotatable bonds is 0. The Labute approximate surface area is 184 Å². The van der Waals surface area contributed by atoms with Gasteiger partial charge in [-0.2, -0.15) is 0 Å². The molecule has 0 spiro atoms. The summed E-state index contributed by atoms with van der Waals surface area (Å²) in [5, 5.41) is 21.5. The molecule has 3 nitrogen and oxygen atoms in total. The lowest BCUT2D eigenvalue weighted by atomic mass is 9.51. The zero-order valence-electron chi connectivity index (χ0n) is 19.5. The van der Waals surface area contributed by atoms with Gasteiger partial charge in [-0.1, -0.05) is 20.8 Å². The predicted octanol–water partition coefficient (Wildman–Crippen LogP) is 4.56. The number of aliphatic hydroxyl groups is 2. The van der Waals surface area contributed by atoms with Gasteiger partial charge in [-0.05, 0) is 116 Å². The van der Waals surface area contributed by atoms with Gasteiger partial charge in [0.15, 0.2) is 0 Å². The van der Waals surface area contributed by atoms with Crippen LogP contribution in [0.4, 0.5) is 0 Å². The highest BCUT2D eigenvalue weighted by Gasteiger charge is 2.62. The molecule has 0 radical (unpaired) electrons. The molecule has 30 heavy (non-hydrogen) atoms. The molecule has 13 atom stereocenters. The number of aliphatic hydroxyl groups excluding tert-OH is 2. The van der Waals surface area contributed by atoms with E-state index >= 15 is 0 Å². The Balaban J connectivity index is 1.28. The minimum absolute atomic E-state index is 0.180. The summed E-state index contributed by atoms with van der Waals surface area (Å²) in [5.74, 6) is 7.22. The molecule has 2 aliphatic heterocycles. The molecular formula is C27H45NO2. The second-order valence-corrected chi connectivity index (χ2v) is 13.1. The third-order valence-electron chi connectivity index (χ3n) is 12.0. The highest BCUT2D eigenvalue weighted by molar-refractivity contribution is 5.12. The van der Waals surface area contributed by atoms with Gasteiger partial charge in [0.25, 0.3) is 0 Å². The summed E-state index contributed by atoms with van der Waals surface area (Å²) in [4.78, 5) is 2.92. The topological polar surface area (TPSA) is 43.7 Å². The quantitative estimate of drug-likeness (QED) is 0.609. The van der Waals surface area contributed by atoms with Crippen molar-refractivity contribution in [3.63, 3.8) is 0 Å². The molecule has 0 aromatic rings. The molecule has 170 valence electrons. The molecule has 4 aliphatic carbocycles. The van der Waals surface area contributed by atoms with Crippen LogP contribution < -0.4 is 0 Å². The lowest BCUT2D eigenvalue weighted by Gasteiger charge is -2.56. The fourth-order valence-corrected chi connectivity index (χ4v) is 10.6. The molecule has 6 rings (SSSR count). The summed E-state index contributed by atoms with van der Waals surface area (Å²) >= 11 is 0. The summed E-state index contributed by atoms with van der Waals surface area (Å²) in [5.41, 5.74) is 0.261. The zero-order valence-corrected chi connectivity index (χ0v) is 19.5. The molecule has 2 saturated heterocycles. The van der Waals surface area contributed by atoms with Gasteiger partial charge in [-0.25, -0.2) is 0 Å². The maximum Gasteiger partial charge on any atom is 0.0577 e. The van der Waals surface area contributed by atoms with E-state index in [1.54, 1.807) is 0 Å². The smallest absolute Gasteiger partial charge is 0.0577 e. The first-order valence-electron chi connectivity index (χ1n) is 13.5. The van der Waals surface area contributed by atoms with Crippen LogP contribution in [0, 0.1) is 58.7 Å². The summed E-state index contributed by atoms with van der Waals surface area (Å²) in [7, 11) is 0. The monoisotopic (exact) mass is 415 g/mol. The first-order valence-corrected chi connectivity index (χ1v) is 13.5. The van der Waals surface area contributed by atoms with Gasteiger partial charge in [0.05, 0.1) is 12.2 Å². The van der Waals surface area contributed by atoms with E-state index in [0.717, 1.165) is 79.1 Å². The average molecular weight is 416 g/mol. The molecule has 1 unspecified atom stereocenters. The van der Waals surface area contributed by atoms with Crippen LogP contribution in [0.5, 0.6) is 0 Å². The van der Waals surface area contributed by atoms with Crippen molar-refractivity contribution in [2.24, 2.45) is 58.7 Å². The van der Waals surface area contributed by atoms with E-state index < -0.39 is 0 Å². The van der Waals surface area contributed by atoms with Gasteiger partial charge >= 0.3 is 0 Å². The Bertz CT molecular complexity index is 665. The number of hydrogen-bond acceptors (Lipinski definition) is 3. The molecule has 0 bridgehead atoms. The number of fused-ring (bicyclic) bond motifs is 8. The summed E-state index contributed by atoms with van der Waals surface area (Å²) in [6.45, 7) is 10.3. The largest absolute Gasteiger partial charge is 0.393 e. The fourth-order valence-electron chi connectivity index (χ4n) is 10.6. The van der Waals surface area contributed by atoms with Crippen LogP contribution in [0.25, 0.3) is 0 Å². The molecule has 3 heteroatoms. The lowest BCUT2D eigenvalue weighted by molar-refractivity contribution is -0.130. The summed E-state index contributed by atoms with van der Waals surface area (Å²) in [6.07, 6.45) is 10.7. The van der Waals surface area contributed by atoms with E-state index in [4.69, 9.17) is 0 Å². The van der Waals surface area contributed by atoms with Crippen molar-refractivity contribution in [3.8, 4) is 0 Å². The van der Waals surface area contributed by atoms with Crippen LogP contribution in [0.15, 0.2) is 0 Å². The SMILES string of the molecule is CC1CC[C@@H]2[C@@H](C)[C@@H]3CC[C@@H]4[C@@H](C[C@H]5[C@H]4C[C@@H](O)[C@H]4C[C@@H](O)CC[C@@]45C)[C@@H]3CN2C1. The lowest BCUT2D eigenvalue weighted by Crippen LogP contribution is -2.58. The highest BCUT2D eigenvalue weighted by atomic mass is 16.3. The van der Waals surface area contributed by atoms with E-state index in [2.05, 4.69) is 25.7 Å². The molecule has 0 aromatic heterocycles. The predicted molar refractivity (Wildman–Crippen MR) is 120 cm³/mol. The molecule has 4 saturated carbocycles. The Morgan fingerprint density at radius 3 is 2.37 bits per heavy atom. The van der Waals surface area contributed by atoms with E-state index in [1.807, 2.05) is 0 Å². The van der Waals surface area contributed by atoms with Crippen molar-refractivity contribution in [2.75, 3.05) is 13.1 Å². The second kappa shape index (κ2) is 7.19. The first kappa shape index (κ1) is 20.5. The first-order chi connectivity index (χ1) is 14.4. The molecular weight excluding hydrogens is 370 g/mol. The van der Waals surface area contributed by atoms with Crippen molar-refractivity contribution < 1.29 is 10.2 Å². The van der Waals surface area contributed by atoms with Crippen molar-refractivity contribution in [1.29, 1.82) is 0 Å². The van der Waals surface area contributed by atoms with Crippen molar-refractivity contribution in [3.05, 3.63) is 0 Å². The highest BCUT2D eigenvalue weighted by Crippen LogP contribution is 2.67. The van der Waals surface area contributed by atoms with Gasteiger partial charge in [0.1, 0.15) is 0 Å². The molecule has 6 fully saturated rings. The number of hydrogen-bond donors (Lipinski definition) is 2. The Hall–Kier alpha value is -0.120. The number of piperidine rings is 2. The molecule has 0 amide bonds. The molecule has 0 aromatic carbocycles. The van der Waals surface area contributed by atoms with Crippen LogP contribution in [0.1, 0.15) is 78.6 Å². The molecule has 2 heterocycles. The average Bonchev–Trinajstić information content (AvgIpc) is 3.09. The third kappa shape index (κ3) is 2.86. The Morgan fingerprint density at radius 1 is 0.733 bits per heavy atom. The maximum absolute atomic E-state index is 11.2. The van der Waals surface area contributed by atoms with Gasteiger partial charge in [0.2, 0.25) is 0 Å². The van der Waals surface area contributed by atoms with Gasteiger partial charge in [0, 0.05) is 19.1 Å². The van der Waals surface area contributed by atoms with E-state index in [9.17, 15) is 10.2 Å². The van der Waals surface area contributed by atoms with Gasteiger partial charge in [-0.3, -0.25) is 4.90 Å². The number of nitrogens with zero attached hydrogens (tertiary/aromatic N) is 1. The van der Waals surface area contributed by atoms with Crippen molar-refractivity contribution in [2.45, 2.75) is 96.8 Å². The Morgan fingerprint density at radius 2 is 1.53 bits per heavy atom. The normalized spacial score (nSPS) is 60.7. The van der Waals surface area contributed by atoms with Crippen LogP contribution >= 0.6 is 0 Å². The second-order valence-electron chi connectivity index (χ2n) is 13.1. The summed E-state index contributed by atoms with van der Waals surface area (Å²) in [6, 6.07) is 0.853. The molecule has 2 N–H and O–H groups in total. The van der Waals surface area contributed by atoms with E-state index in [-0.39, 0.29) is 17.6 Å².